The molecule has 0 aliphatic heterocycles. The highest BCUT2D eigenvalue weighted by Gasteiger charge is 2.18. The van der Waals surface area contributed by atoms with Crippen LogP contribution in [0, 0.1) is 27.6 Å². The predicted octanol–water partition coefficient (Wildman–Crippen LogP) is 4.39. The Hall–Kier alpha value is -2.09. The number of hydrogen-bond acceptors (Lipinski definition) is 3. The average molecular weight is 361 g/mol. The van der Waals surface area contributed by atoms with E-state index in [2.05, 4.69) is 21.2 Å². The van der Waals surface area contributed by atoms with Crippen LogP contribution in [-0.4, -0.2) is 4.92 Å². The molecule has 2 aromatic rings. The second-order valence-corrected chi connectivity index (χ2v) is 5.00. The topological polar surface area (TPSA) is 55.2 Å². The van der Waals surface area contributed by atoms with Gasteiger partial charge in [0.25, 0.3) is 0 Å². The van der Waals surface area contributed by atoms with Crippen LogP contribution in [0.3, 0.4) is 0 Å². The molecule has 21 heavy (non-hydrogen) atoms. The fraction of sp³-hybridized carbons (Fsp3) is 0.0769. The molecular weight excluding hydrogens is 353 g/mol. The summed E-state index contributed by atoms with van der Waals surface area (Å²) in [6.45, 7) is 0.0958. The van der Waals surface area contributed by atoms with Crippen LogP contribution < -0.4 is 5.32 Å². The molecule has 110 valence electrons. The van der Waals surface area contributed by atoms with Crippen molar-refractivity contribution >= 4 is 27.3 Å². The highest BCUT2D eigenvalue weighted by Crippen LogP contribution is 2.26. The summed E-state index contributed by atoms with van der Waals surface area (Å²) >= 11 is 3.01. The fourth-order valence-electron chi connectivity index (χ4n) is 1.66. The lowest BCUT2D eigenvalue weighted by Crippen LogP contribution is -2.04. The third-order valence-electron chi connectivity index (χ3n) is 2.70. The standard InChI is InChI=1S/C13H8BrF3N2O2/c14-8-3-7(1-2-9(8)15)6-18-12-5-13(19(20)21)11(17)4-10(12)16/h1-5,18H,6H2. The highest BCUT2D eigenvalue weighted by atomic mass is 79.9. The minimum absolute atomic E-state index is 0.0958. The van der Waals surface area contributed by atoms with Crippen molar-refractivity contribution in [3.63, 3.8) is 0 Å². The van der Waals surface area contributed by atoms with Crippen molar-refractivity contribution < 1.29 is 18.1 Å². The lowest BCUT2D eigenvalue weighted by atomic mass is 10.2. The molecule has 0 aromatic heterocycles. The van der Waals surface area contributed by atoms with E-state index < -0.39 is 28.1 Å². The van der Waals surface area contributed by atoms with Crippen molar-refractivity contribution in [2.24, 2.45) is 0 Å². The van der Waals surface area contributed by atoms with Crippen molar-refractivity contribution in [1.29, 1.82) is 0 Å². The lowest BCUT2D eigenvalue weighted by molar-refractivity contribution is -0.387. The number of nitrogens with zero attached hydrogens (tertiary/aromatic N) is 1. The van der Waals surface area contributed by atoms with Gasteiger partial charge in [-0.3, -0.25) is 10.1 Å². The van der Waals surface area contributed by atoms with E-state index >= 15 is 0 Å². The highest BCUT2D eigenvalue weighted by molar-refractivity contribution is 9.10. The van der Waals surface area contributed by atoms with Crippen LogP contribution >= 0.6 is 15.9 Å². The molecule has 0 radical (unpaired) electrons. The maximum atomic E-state index is 13.5. The Morgan fingerprint density at radius 1 is 1.10 bits per heavy atom. The third-order valence-corrected chi connectivity index (χ3v) is 3.31. The van der Waals surface area contributed by atoms with Gasteiger partial charge in [-0.1, -0.05) is 6.07 Å². The zero-order valence-corrected chi connectivity index (χ0v) is 12.0. The number of anilines is 1. The van der Waals surface area contributed by atoms with Crippen LogP contribution in [0.5, 0.6) is 0 Å². The predicted molar refractivity (Wildman–Crippen MR) is 74.4 cm³/mol. The van der Waals surface area contributed by atoms with Crippen LogP contribution in [0.25, 0.3) is 0 Å². The van der Waals surface area contributed by atoms with Crippen LogP contribution in [0.1, 0.15) is 5.56 Å². The summed E-state index contributed by atoms with van der Waals surface area (Å²) in [6, 6.07) is 5.41. The molecule has 2 aromatic carbocycles. The monoisotopic (exact) mass is 360 g/mol. The molecule has 8 heteroatoms. The average Bonchev–Trinajstić information content (AvgIpc) is 2.41. The summed E-state index contributed by atoms with van der Waals surface area (Å²) in [7, 11) is 0. The fourth-order valence-corrected chi connectivity index (χ4v) is 2.09. The molecule has 0 aliphatic carbocycles. The smallest absolute Gasteiger partial charge is 0.307 e. The van der Waals surface area contributed by atoms with Crippen LogP contribution in [-0.2, 0) is 6.54 Å². The maximum absolute atomic E-state index is 13.5. The summed E-state index contributed by atoms with van der Waals surface area (Å²) in [5, 5.41) is 13.2. The van der Waals surface area contributed by atoms with Crippen LogP contribution in [0.2, 0.25) is 0 Å². The first-order valence-corrected chi connectivity index (χ1v) is 6.49. The Balaban J connectivity index is 2.21. The Labute approximate surface area is 125 Å². The molecule has 0 amide bonds. The van der Waals surface area contributed by atoms with Crippen molar-refractivity contribution in [1.82, 2.24) is 0 Å². The van der Waals surface area contributed by atoms with Gasteiger partial charge in [0.05, 0.1) is 15.1 Å². The molecule has 0 spiro atoms. The van der Waals surface area contributed by atoms with Gasteiger partial charge in [0, 0.05) is 18.7 Å². The van der Waals surface area contributed by atoms with E-state index in [0.717, 1.165) is 6.07 Å². The Morgan fingerprint density at radius 3 is 2.43 bits per heavy atom. The number of halogens is 4. The number of nitro benzene ring substituents is 1. The molecule has 0 heterocycles. The van der Waals surface area contributed by atoms with E-state index in [1.165, 1.54) is 18.2 Å². The van der Waals surface area contributed by atoms with Gasteiger partial charge in [-0.2, -0.15) is 4.39 Å². The van der Waals surface area contributed by atoms with Crippen molar-refractivity contribution in [2.75, 3.05) is 5.32 Å². The van der Waals surface area contributed by atoms with E-state index in [1.54, 1.807) is 0 Å². The second kappa shape index (κ2) is 6.13. The molecule has 4 nitrogen and oxygen atoms in total. The number of nitro groups is 1. The SMILES string of the molecule is O=[N+]([O-])c1cc(NCc2ccc(F)c(Br)c2)c(F)cc1F. The molecule has 0 aliphatic rings. The zero-order valence-electron chi connectivity index (χ0n) is 10.4. The van der Waals surface area contributed by atoms with Gasteiger partial charge in [0.15, 0.2) is 0 Å². The second-order valence-electron chi connectivity index (χ2n) is 4.14. The van der Waals surface area contributed by atoms with E-state index in [4.69, 9.17) is 0 Å². The van der Waals surface area contributed by atoms with Gasteiger partial charge in [0.1, 0.15) is 11.6 Å². The zero-order chi connectivity index (χ0) is 15.6. The Bertz CT molecular complexity index is 710. The van der Waals surface area contributed by atoms with Gasteiger partial charge in [-0.05, 0) is 33.6 Å². The minimum Gasteiger partial charge on any atom is -0.378 e. The normalized spacial score (nSPS) is 10.5. The summed E-state index contributed by atoms with van der Waals surface area (Å²) in [6.07, 6.45) is 0. The minimum atomic E-state index is -1.24. The first-order chi connectivity index (χ1) is 9.88. The molecular formula is C13H8BrF3N2O2. The number of rotatable bonds is 4. The van der Waals surface area contributed by atoms with E-state index in [-0.39, 0.29) is 16.7 Å². The molecule has 0 fully saturated rings. The molecule has 0 unspecified atom stereocenters. The van der Waals surface area contributed by atoms with Gasteiger partial charge in [-0.25, -0.2) is 8.78 Å². The number of nitrogens with one attached hydrogen (secondary N) is 1. The molecule has 0 saturated heterocycles. The van der Waals surface area contributed by atoms with E-state index in [1.807, 2.05) is 0 Å². The summed E-state index contributed by atoms with van der Waals surface area (Å²) < 4.78 is 40.0. The van der Waals surface area contributed by atoms with Crippen LogP contribution in [0.15, 0.2) is 34.8 Å². The number of hydrogen-bond donors (Lipinski definition) is 1. The first-order valence-electron chi connectivity index (χ1n) is 5.69. The molecule has 0 saturated carbocycles. The Morgan fingerprint density at radius 2 is 1.81 bits per heavy atom. The summed E-state index contributed by atoms with van der Waals surface area (Å²) in [5.41, 5.74) is -0.405. The summed E-state index contributed by atoms with van der Waals surface area (Å²) in [4.78, 5) is 9.67. The van der Waals surface area contributed by atoms with Crippen molar-refractivity contribution in [2.45, 2.75) is 6.54 Å². The Kier molecular flexibility index (Phi) is 4.46. The van der Waals surface area contributed by atoms with Crippen molar-refractivity contribution in [3.8, 4) is 0 Å². The molecule has 0 bridgehead atoms. The van der Waals surface area contributed by atoms with E-state index in [9.17, 15) is 23.3 Å². The maximum Gasteiger partial charge on any atom is 0.307 e. The van der Waals surface area contributed by atoms with Crippen LogP contribution in [0.4, 0.5) is 24.5 Å². The summed E-state index contributed by atoms with van der Waals surface area (Å²) in [5.74, 6) is -2.63. The van der Waals surface area contributed by atoms with Crippen molar-refractivity contribution in [3.05, 3.63) is 67.9 Å². The number of benzene rings is 2. The van der Waals surface area contributed by atoms with Gasteiger partial charge in [0.2, 0.25) is 5.82 Å². The quantitative estimate of drug-likeness (QED) is 0.649. The molecule has 0 atom stereocenters. The van der Waals surface area contributed by atoms with E-state index in [0.29, 0.717) is 11.6 Å². The molecule has 2 rings (SSSR count). The van der Waals surface area contributed by atoms with Gasteiger partial charge < -0.3 is 5.32 Å². The third kappa shape index (κ3) is 3.52. The largest absolute Gasteiger partial charge is 0.378 e. The first kappa shape index (κ1) is 15.3. The molecule has 1 N–H and O–H groups in total. The van der Waals surface area contributed by atoms with Gasteiger partial charge in [-0.15, -0.1) is 0 Å². The lowest BCUT2D eigenvalue weighted by Gasteiger charge is -2.08. The van der Waals surface area contributed by atoms with Gasteiger partial charge >= 0.3 is 5.69 Å².